The Morgan fingerprint density at radius 3 is 2.62 bits per heavy atom. The lowest BCUT2D eigenvalue weighted by atomic mass is 10.1. The molecule has 2 N–H and O–H groups in total. The van der Waals surface area contributed by atoms with Gasteiger partial charge in [0.25, 0.3) is 5.91 Å². The van der Waals surface area contributed by atoms with Crippen LogP contribution in [0.2, 0.25) is 5.02 Å². The lowest BCUT2D eigenvalue weighted by molar-refractivity contribution is 0.0977. The van der Waals surface area contributed by atoms with Gasteiger partial charge in [0.2, 0.25) is 5.89 Å². The molecule has 34 heavy (non-hydrogen) atoms. The lowest BCUT2D eigenvalue weighted by Crippen LogP contribution is -2.34. The van der Waals surface area contributed by atoms with E-state index in [9.17, 15) is 4.79 Å². The van der Waals surface area contributed by atoms with Crippen LogP contribution in [0.5, 0.6) is 5.75 Å². The zero-order valence-electron chi connectivity index (χ0n) is 18.0. The van der Waals surface area contributed by atoms with Crippen molar-refractivity contribution in [3.8, 4) is 17.2 Å². The van der Waals surface area contributed by atoms with Gasteiger partial charge >= 0.3 is 0 Å². The predicted octanol–water partition coefficient (Wildman–Crippen LogP) is 6.44. The van der Waals surface area contributed by atoms with Crippen LogP contribution in [-0.4, -0.2) is 23.1 Å². The molecule has 4 aromatic carbocycles. The topological polar surface area (TPSA) is 76.4 Å². The summed E-state index contributed by atoms with van der Waals surface area (Å²) in [5, 5.41) is 8.41. The minimum atomic E-state index is -0.386. The van der Waals surface area contributed by atoms with Crippen LogP contribution in [0.15, 0.2) is 83.3 Å². The summed E-state index contributed by atoms with van der Waals surface area (Å²) in [6.45, 7) is 0. The summed E-state index contributed by atoms with van der Waals surface area (Å²) in [4.78, 5) is 17.1. The van der Waals surface area contributed by atoms with Crippen LogP contribution >= 0.6 is 23.8 Å². The van der Waals surface area contributed by atoms with Crippen LogP contribution in [0, 0.1) is 0 Å². The molecule has 0 aliphatic rings. The number of ether oxygens (including phenoxy) is 1. The van der Waals surface area contributed by atoms with Gasteiger partial charge < -0.3 is 14.5 Å². The van der Waals surface area contributed by atoms with Crippen LogP contribution in [-0.2, 0) is 0 Å². The number of benzene rings is 4. The van der Waals surface area contributed by atoms with Crippen molar-refractivity contribution in [3.63, 3.8) is 0 Å². The molecule has 0 unspecified atom stereocenters. The van der Waals surface area contributed by atoms with Gasteiger partial charge in [0.15, 0.2) is 10.7 Å². The molecular formula is C26H18ClN3O3S. The van der Waals surface area contributed by atoms with Gasteiger partial charge in [0.1, 0.15) is 11.3 Å². The van der Waals surface area contributed by atoms with E-state index in [4.69, 9.17) is 33.0 Å². The maximum atomic E-state index is 12.5. The molecule has 0 radical (unpaired) electrons. The number of carbonyl (C=O) groups is 1. The van der Waals surface area contributed by atoms with Gasteiger partial charge in [-0.15, -0.1) is 0 Å². The number of rotatable bonds is 4. The first-order chi connectivity index (χ1) is 16.5. The molecule has 1 heterocycles. The summed E-state index contributed by atoms with van der Waals surface area (Å²) in [6, 6.07) is 24.4. The Bertz CT molecular complexity index is 1560. The van der Waals surface area contributed by atoms with Gasteiger partial charge in [-0.25, -0.2) is 4.98 Å². The summed E-state index contributed by atoms with van der Waals surface area (Å²) in [5.41, 5.74) is 3.25. The largest absolute Gasteiger partial charge is 0.495 e. The number of carbonyl (C=O) groups excluding carboxylic acids is 1. The molecule has 1 amide bonds. The first-order valence-electron chi connectivity index (χ1n) is 10.4. The van der Waals surface area contributed by atoms with E-state index in [0.29, 0.717) is 39.0 Å². The molecule has 0 atom stereocenters. The van der Waals surface area contributed by atoms with E-state index in [0.717, 1.165) is 16.3 Å². The normalized spacial score (nSPS) is 10.9. The highest BCUT2D eigenvalue weighted by molar-refractivity contribution is 7.80. The Labute approximate surface area is 205 Å². The highest BCUT2D eigenvalue weighted by Gasteiger charge is 2.13. The van der Waals surface area contributed by atoms with Crippen molar-refractivity contribution in [2.45, 2.75) is 0 Å². The number of methoxy groups -OCH3 is 1. The monoisotopic (exact) mass is 487 g/mol. The van der Waals surface area contributed by atoms with E-state index in [1.165, 1.54) is 13.2 Å². The molecule has 0 fully saturated rings. The molecule has 0 aliphatic heterocycles. The molecule has 5 aromatic rings. The molecule has 6 nitrogen and oxygen atoms in total. The minimum Gasteiger partial charge on any atom is -0.495 e. The van der Waals surface area contributed by atoms with E-state index in [-0.39, 0.29) is 11.0 Å². The summed E-state index contributed by atoms with van der Waals surface area (Å²) < 4.78 is 11.1. The summed E-state index contributed by atoms with van der Waals surface area (Å²) in [6.07, 6.45) is 0. The van der Waals surface area contributed by atoms with Crippen molar-refractivity contribution in [1.29, 1.82) is 0 Å². The number of fused-ring (bicyclic) bond motifs is 2. The first kappa shape index (κ1) is 21.9. The quantitative estimate of drug-likeness (QED) is 0.284. The zero-order chi connectivity index (χ0) is 23.7. The van der Waals surface area contributed by atoms with E-state index in [1.807, 2.05) is 36.4 Å². The molecule has 0 spiro atoms. The second-order valence-corrected chi connectivity index (χ2v) is 8.34. The number of nitrogens with one attached hydrogen (secondary N) is 2. The van der Waals surface area contributed by atoms with Crippen LogP contribution in [0.1, 0.15) is 10.4 Å². The minimum absolute atomic E-state index is 0.148. The maximum Gasteiger partial charge on any atom is 0.257 e. The van der Waals surface area contributed by atoms with E-state index >= 15 is 0 Å². The van der Waals surface area contributed by atoms with Crippen molar-refractivity contribution in [2.24, 2.45) is 0 Å². The molecule has 8 heteroatoms. The third-order valence-electron chi connectivity index (χ3n) is 5.28. The molecule has 5 rings (SSSR count). The van der Waals surface area contributed by atoms with Crippen LogP contribution in [0.25, 0.3) is 33.3 Å². The van der Waals surface area contributed by atoms with Crippen LogP contribution in [0.4, 0.5) is 5.69 Å². The molecular weight excluding hydrogens is 470 g/mol. The Morgan fingerprint density at radius 2 is 1.82 bits per heavy atom. The number of nitrogens with zero attached hydrogens (tertiary/aromatic N) is 1. The number of thiocarbonyl (C=S) groups is 1. The number of amides is 1. The lowest BCUT2D eigenvalue weighted by Gasteiger charge is -2.10. The van der Waals surface area contributed by atoms with Gasteiger partial charge in [-0.3, -0.25) is 10.1 Å². The van der Waals surface area contributed by atoms with Gasteiger partial charge in [0.05, 0.1) is 12.1 Å². The van der Waals surface area contributed by atoms with Gasteiger partial charge in [-0.2, -0.15) is 0 Å². The fourth-order valence-corrected chi connectivity index (χ4v) is 4.06. The molecule has 0 bridgehead atoms. The molecule has 0 aliphatic carbocycles. The average molecular weight is 488 g/mol. The first-order valence-corrected chi connectivity index (χ1v) is 11.1. The Morgan fingerprint density at radius 1 is 1.00 bits per heavy atom. The standard InChI is InChI=1S/C26H18ClN3O3S/c1-32-22-10-8-17(13-20(22)27)24(31)30-26(34)28-19-9-11-23-21(14-19)29-25(33-23)18-7-6-15-4-2-3-5-16(15)12-18/h2-14H,1H3,(H2,28,30,31,34). The number of aromatic nitrogens is 1. The second-order valence-electron chi connectivity index (χ2n) is 7.52. The highest BCUT2D eigenvalue weighted by atomic mass is 35.5. The molecule has 168 valence electrons. The molecule has 0 saturated carbocycles. The molecule has 1 aromatic heterocycles. The average Bonchev–Trinajstić information content (AvgIpc) is 3.27. The van der Waals surface area contributed by atoms with Gasteiger partial charge in [-0.1, -0.05) is 41.9 Å². The Kier molecular flexibility index (Phi) is 5.88. The highest BCUT2D eigenvalue weighted by Crippen LogP contribution is 2.29. The summed E-state index contributed by atoms with van der Waals surface area (Å²) >= 11 is 11.4. The van der Waals surface area contributed by atoms with Gasteiger partial charge in [0, 0.05) is 16.8 Å². The van der Waals surface area contributed by atoms with Crippen LogP contribution in [0.3, 0.4) is 0 Å². The van der Waals surface area contributed by atoms with Crippen molar-refractivity contribution < 1.29 is 13.9 Å². The Hall–Kier alpha value is -3.94. The number of hydrogen-bond donors (Lipinski definition) is 2. The number of anilines is 1. The predicted molar refractivity (Wildman–Crippen MR) is 139 cm³/mol. The molecule has 0 saturated heterocycles. The summed E-state index contributed by atoms with van der Waals surface area (Å²) in [7, 11) is 1.51. The SMILES string of the molecule is COc1ccc(C(=O)NC(=S)Nc2ccc3oc(-c4ccc5ccccc5c4)nc3c2)cc1Cl. The van der Waals surface area contributed by atoms with Crippen LogP contribution < -0.4 is 15.4 Å². The number of hydrogen-bond acceptors (Lipinski definition) is 5. The van der Waals surface area contributed by atoms with Crippen molar-refractivity contribution in [3.05, 3.63) is 89.4 Å². The van der Waals surface area contributed by atoms with E-state index in [1.54, 1.807) is 18.2 Å². The smallest absolute Gasteiger partial charge is 0.257 e. The van der Waals surface area contributed by atoms with Crippen molar-refractivity contribution in [2.75, 3.05) is 12.4 Å². The third-order valence-corrected chi connectivity index (χ3v) is 5.78. The van der Waals surface area contributed by atoms with Crippen molar-refractivity contribution in [1.82, 2.24) is 10.3 Å². The van der Waals surface area contributed by atoms with E-state index < -0.39 is 0 Å². The summed E-state index contributed by atoms with van der Waals surface area (Å²) in [5.74, 6) is 0.635. The fourth-order valence-electron chi connectivity index (χ4n) is 3.60. The Balaban J connectivity index is 1.31. The second kappa shape index (κ2) is 9.13. The zero-order valence-corrected chi connectivity index (χ0v) is 19.5. The van der Waals surface area contributed by atoms with E-state index in [2.05, 4.69) is 33.8 Å². The maximum absolute atomic E-state index is 12.5. The van der Waals surface area contributed by atoms with Crippen molar-refractivity contribution >= 4 is 62.4 Å². The third kappa shape index (κ3) is 4.44. The number of oxazole rings is 1. The fraction of sp³-hybridized carbons (Fsp3) is 0.0385. The van der Waals surface area contributed by atoms with Gasteiger partial charge in [-0.05, 0) is 71.5 Å². The number of halogens is 1.